The van der Waals surface area contributed by atoms with Crippen molar-refractivity contribution in [2.75, 3.05) is 12.3 Å². The lowest BCUT2D eigenvalue weighted by atomic mass is 10.1. The van der Waals surface area contributed by atoms with Crippen molar-refractivity contribution in [1.29, 1.82) is 0 Å². The van der Waals surface area contributed by atoms with Gasteiger partial charge in [-0.25, -0.2) is 0 Å². The van der Waals surface area contributed by atoms with E-state index in [1.807, 2.05) is 0 Å². The number of aliphatic hydroxyl groups excluding tert-OH is 1. The van der Waals surface area contributed by atoms with Crippen molar-refractivity contribution in [1.82, 2.24) is 5.32 Å². The van der Waals surface area contributed by atoms with Crippen LogP contribution >= 0.6 is 11.6 Å². The van der Waals surface area contributed by atoms with Gasteiger partial charge in [0.15, 0.2) is 0 Å². The van der Waals surface area contributed by atoms with Gasteiger partial charge < -0.3 is 16.2 Å². The number of nitrogens with two attached hydrogens (primary N) is 1. The van der Waals surface area contributed by atoms with Gasteiger partial charge in [-0.3, -0.25) is 4.79 Å². The van der Waals surface area contributed by atoms with Crippen molar-refractivity contribution >= 4 is 23.2 Å². The van der Waals surface area contributed by atoms with Crippen molar-refractivity contribution < 1.29 is 9.90 Å². The minimum Gasteiger partial charge on any atom is -0.399 e. The summed E-state index contributed by atoms with van der Waals surface area (Å²) in [5.41, 5.74) is 6.52. The Kier molecular flexibility index (Phi) is 4.09. The fraction of sp³-hybridized carbons (Fsp3) is 0.462. The number of carbonyl (C=O) groups excluding carboxylic acids is 1. The average Bonchev–Trinajstić information content (AvgIpc) is 2.72. The standard InChI is InChI=1S/C13H17ClN2O2/c14-11-6-9(15)4-5-10(11)13(18)16-7-8-2-1-3-12(8)17/h4-6,8,12,17H,1-3,7,15H2,(H,16,18). The molecule has 2 unspecified atom stereocenters. The van der Waals surface area contributed by atoms with Crippen LogP contribution in [0.1, 0.15) is 29.6 Å². The second kappa shape index (κ2) is 5.59. The Morgan fingerprint density at radius 1 is 1.50 bits per heavy atom. The van der Waals surface area contributed by atoms with Crippen molar-refractivity contribution in [2.45, 2.75) is 25.4 Å². The Morgan fingerprint density at radius 2 is 2.28 bits per heavy atom. The molecule has 1 saturated carbocycles. The van der Waals surface area contributed by atoms with E-state index in [-0.39, 0.29) is 17.9 Å². The molecular weight excluding hydrogens is 252 g/mol. The van der Waals surface area contributed by atoms with Crippen LogP contribution in [0.4, 0.5) is 5.69 Å². The summed E-state index contributed by atoms with van der Waals surface area (Å²) in [5, 5.41) is 12.8. The molecule has 1 amide bonds. The first kappa shape index (κ1) is 13.2. The highest BCUT2D eigenvalue weighted by Gasteiger charge is 2.25. The Balaban J connectivity index is 1.95. The van der Waals surface area contributed by atoms with Crippen LogP contribution in [0.25, 0.3) is 0 Å². The molecule has 0 bridgehead atoms. The highest BCUT2D eigenvalue weighted by atomic mass is 35.5. The summed E-state index contributed by atoms with van der Waals surface area (Å²) in [6.07, 6.45) is 2.50. The van der Waals surface area contributed by atoms with Gasteiger partial charge >= 0.3 is 0 Å². The van der Waals surface area contributed by atoms with Gasteiger partial charge in [-0.2, -0.15) is 0 Å². The molecule has 98 valence electrons. The van der Waals surface area contributed by atoms with Crippen LogP contribution in [0.3, 0.4) is 0 Å². The summed E-state index contributed by atoms with van der Waals surface area (Å²) in [4.78, 5) is 11.9. The van der Waals surface area contributed by atoms with Gasteiger partial charge in [0.25, 0.3) is 5.91 Å². The van der Waals surface area contributed by atoms with E-state index in [9.17, 15) is 9.90 Å². The molecule has 2 atom stereocenters. The Labute approximate surface area is 111 Å². The van der Waals surface area contributed by atoms with Crippen LogP contribution in [-0.2, 0) is 0 Å². The number of hydrogen-bond acceptors (Lipinski definition) is 3. The third-order valence-corrected chi connectivity index (χ3v) is 3.69. The summed E-state index contributed by atoms with van der Waals surface area (Å²) in [6.45, 7) is 0.487. The summed E-state index contributed by atoms with van der Waals surface area (Å²) < 4.78 is 0. The molecule has 18 heavy (non-hydrogen) atoms. The number of hydrogen-bond donors (Lipinski definition) is 3. The van der Waals surface area contributed by atoms with E-state index in [0.29, 0.717) is 22.8 Å². The van der Waals surface area contributed by atoms with Crippen molar-refractivity contribution in [3.63, 3.8) is 0 Å². The van der Waals surface area contributed by atoms with E-state index in [2.05, 4.69) is 5.32 Å². The van der Waals surface area contributed by atoms with E-state index in [0.717, 1.165) is 19.3 Å². The lowest BCUT2D eigenvalue weighted by Crippen LogP contribution is -2.32. The molecule has 0 saturated heterocycles. The molecule has 0 heterocycles. The van der Waals surface area contributed by atoms with E-state index >= 15 is 0 Å². The van der Waals surface area contributed by atoms with Gasteiger partial charge in [-0.15, -0.1) is 0 Å². The molecular formula is C13H17ClN2O2. The first-order valence-corrected chi connectivity index (χ1v) is 6.47. The van der Waals surface area contributed by atoms with Crippen LogP contribution in [0, 0.1) is 5.92 Å². The molecule has 4 nitrogen and oxygen atoms in total. The molecule has 1 aromatic rings. The lowest BCUT2D eigenvalue weighted by Gasteiger charge is -2.15. The monoisotopic (exact) mass is 268 g/mol. The third kappa shape index (κ3) is 2.94. The van der Waals surface area contributed by atoms with Gasteiger partial charge in [0.2, 0.25) is 0 Å². The van der Waals surface area contributed by atoms with Crippen LogP contribution in [0.15, 0.2) is 18.2 Å². The van der Waals surface area contributed by atoms with Gasteiger partial charge in [-0.1, -0.05) is 18.0 Å². The smallest absolute Gasteiger partial charge is 0.252 e. The van der Waals surface area contributed by atoms with Crippen LogP contribution < -0.4 is 11.1 Å². The Morgan fingerprint density at radius 3 is 2.89 bits per heavy atom. The van der Waals surface area contributed by atoms with E-state index in [4.69, 9.17) is 17.3 Å². The molecule has 5 heteroatoms. The number of halogens is 1. The molecule has 4 N–H and O–H groups in total. The number of aliphatic hydroxyl groups is 1. The molecule has 1 aliphatic rings. The minimum absolute atomic E-state index is 0.154. The van der Waals surface area contributed by atoms with E-state index in [1.54, 1.807) is 18.2 Å². The zero-order valence-electron chi connectivity index (χ0n) is 10.0. The number of nitrogens with one attached hydrogen (secondary N) is 1. The van der Waals surface area contributed by atoms with E-state index in [1.165, 1.54) is 0 Å². The molecule has 1 aromatic carbocycles. The van der Waals surface area contributed by atoms with Crippen molar-refractivity contribution in [3.05, 3.63) is 28.8 Å². The predicted molar refractivity (Wildman–Crippen MR) is 71.5 cm³/mol. The van der Waals surface area contributed by atoms with Gasteiger partial charge in [0.05, 0.1) is 16.7 Å². The second-order valence-electron chi connectivity index (χ2n) is 4.71. The number of carbonyl (C=O) groups is 1. The highest BCUT2D eigenvalue weighted by molar-refractivity contribution is 6.34. The number of nitrogen functional groups attached to an aromatic ring is 1. The van der Waals surface area contributed by atoms with Crippen LogP contribution in [0.5, 0.6) is 0 Å². The summed E-state index contributed by atoms with van der Waals surface area (Å²) >= 11 is 5.96. The number of anilines is 1. The summed E-state index contributed by atoms with van der Waals surface area (Å²) in [6, 6.07) is 4.81. The lowest BCUT2D eigenvalue weighted by molar-refractivity contribution is 0.0917. The van der Waals surface area contributed by atoms with Crippen molar-refractivity contribution in [3.8, 4) is 0 Å². The fourth-order valence-electron chi connectivity index (χ4n) is 2.29. The SMILES string of the molecule is Nc1ccc(C(=O)NCC2CCCC2O)c(Cl)c1. The Hall–Kier alpha value is -1.26. The number of benzene rings is 1. The molecule has 0 radical (unpaired) electrons. The van der Waals surface area contributed by atoms with Gasteiger partial charge in [0, 0.05) is 18.2 Å². The molecule has 1 aliphatic carbocycles. The number of rotatable bonds is 3. The summed E-state index contributed by atoms with van der Waals surface area (Å²) in [7, 11) is 0. The number of amides is 1. The normalized spacial score (nSPS) is 23.0. The maximum absolute atomic E-state index is 11.9. The second-order valence-corrected chi connectivity index (χ2v) is 5.11. The first-order chi connectivity index (χ1) is 8.58. The highest BCUT2D eigenvalue weighted by Crippen LogP contribution is 2.25. The quantitative estimate of drug-likeness (QED) is 0.732. The summed E-state index contributed by atoms with van der Waals surface area (Å²) in [5.74, 6) is -0.0689. The largest absolute Gasteiger partial charge is 0.399 e. The molecule has 2 rings (SSSR count). The predicted octanol–water partition coefficient (Wildman–Crippen LogP) is 1.81. The zero-order chi connectivity index (χ0) is 13.1. The van der Waals surface area contributed by atoms with Crippen LogP contribution in [-0.4, -0.2) is 23.7 Å². The molecule has 1 fully saturated rings. The molecule has 0 aromatic heterocycles. The maximum atomic E-state index is 11.9. The Bertz CT molecular complexity index is 451. The maximum Gasteiger partial charge on any atom is 0.252 e. The van der Waals surface area contributed by atoms with Crippen LogP contribution in [0.2, 0.25) is 5.02 Å². The fourth-order valence-corrected chi connectivity index (χ4v) is 2.56. The average molecular weight is 269 g/mol. The zero-order valence-corrected chi connectivity index (χ0v) is 10.8. The third-order valence-electron chi connectivity index (χ3n) is 3.38. The van der Waals surface area contributed by atoms with Crippen molar-refractivity contribution in [2.24, 2.45) is 5.92 Å². The first-order valence-electron chi connectivity index (χ1n) is 6.09. The minimum atomic E-state index is -0.299. The topological polar surface area (TPSA) is 75.4 Å². The van der Waals surface area contributed by atoms with Gasteiger partial charge in [-0.05, 0) is 31.0 Å². The van der Waals surface area contributed by atoms with E-state index < -0.39 is 0 Å². The molecule has 0 aliphatic heterocycles. The molecule has 0 spiro atoms. The van der Waals surface area contributed by atoms with Gasteiger partial charge in [0.1, 0.15) is 0 Å².